The number of nitrogens with one attached hydrogen (secondary N) is 1. The molecule has 0 bridgehead atoms. The summed E-state index contributed by atoms with van der Waals surface area (Å²) in [6.07, 6.45) is -0.294. The maximum atomic E-state index is 14.3. The largest absolute Gasteiger partial charge is 0.370 e. The van der Waals surface area contributed by atoms with Gasteiger partial charge in [0, 0.05) is 23.6 Å². The summed E-state index contributed by atoms with van der Waals surface area (Å²) in [6.45, 7) is 3.98. The molecule has 1 N–H and O–H groups in total. The van der Waals surface area contributed by atoms with Crippen molar-refractivity contribution in [1.82, 2.24) is 4.90 Å². The number of hydrogen-bond donors (Lipinski definition) is 1. The Balaban J connectivity index is 1.85. The van der Waals surface area contributed by atoms with Crippen molar-refractivity contribution >= 4 is 33.4 Å². The molecule has 1 fully saturated rings. The predicted octanol–water partition coefficient (Wildman–Crippen LogP) is 4.15. The topological polar surface area (TPSA) is 58.6 Å². The van der Waals surface area contributed by atoms with E-state index in [1.165, 1.54) is 25.1 Å². The fourth-order valence-corrected chi connectivity index (χ4v) is 3.49. The second-order valence-corrected chi connectivity index (χ2v) is 7.37. The molecule has 2 atom stereocenters. The minimum atomic E-state index is -0.618. The minimum Gasteiger partial charge on any atom is -0.370 e. The molecule has 0 spiro atoms. The summed E-state index contributed by atoms with van der Waals surface area (Å²) in [5, 5.41) is 2.58. The fraction of sp³-hybridized carbons (Fsp3) is 0.300. The van der Waals surface area contributed by atoms with E-state index in [1.54, 1.807) is 4.90 Å². The van der Waals surface area contributed by atoms with Gasteiger partial charge in [0.1, 0.15) is 11.9 Å². The zero-order valence-electron chi connectivity index (χ0n) is 15.0. The Morgan fingerprint density at radius 1 is 1.22 bits per heavy atom. The number of morpholine rings is 1. The lowest BCUT2D eigenvalue weighted by molar-refractivity contribution is -0.114. The van der Waals surface area contributed by atoms with Crippen molar-refractivity contribution in [2.75, 3.05) is 18.5 Å². The van der Waals surface area contributed by atoms with Crippen molar-refractivity contribution < 1.29 is 18.7 Å². The molecule has 5 nitrogen and oxygen atoms in total. The summed E-state index contributed by atoms with van der Waals surface area (Å²) in [5.41, 5.74) is 1.28. The standard InChI is InChI=1S/C20H20BrFN2O3/c1-12-19(14-3-5-15(21)6-4-14)27-10-9-24(12)20(26)17-11-16(23-13(2)25)7-8-18(17)22/h3-8,11-12,19H,9-10H2,1-2H3,(H,23,25)/t12-,19-/m0/s1. The SMILES string of the molecule is CC(=O)Nc1ccc(F)c(C(=O)N2CCO[C@H](c3ccc(Br)cc3)[C@@H]2C)c1. The molecule has 142 valence electrons. The summed E-state index contributed by atoms with van der Waals surface area (Å²) >= 11 is 3.40. The van der Waals surface area contributed by atoms with Crippen LogP contribution in [0.3, 0.4) is 0 Å². The molecule has 0 radical (unpaired) electrons. The number of amides is 2. The van der Waals surface area contributed by atoms with E-state index in [9.17, 15) is 14.0 Å². The van der Waals surface area contributed by atoms with Crippen LogP contribution in [0.4, 0.5) is 10.1 Å². The lowest BCUT2D eigenvalue weighted by Crippen LogP contribution is -2.48. The molecule has 0 aromatic heterocycles. The Bertz CT molecular complexity index is 857. The molecule has 1 aliphatic rings. The third-order valence-electron chi connectivity index (χ3n) is 4.54. The molecule has 7 heteroatoms. The number of ether oxygens (including phenoxy) is 1. The van der Waals surface area contributed by atoms with Gasteiger partial charge in [-0.15, -0.1) is 0 Å². The highest BCUT2D eigenvalue weighted by Crippen LogP contribution is 2.31. The maximum Gasteiger partial charge on any atom is 0.257 e. The third-order valence-corrected chi connectivity index (χ3v) is 5.06. The first-order chi connectivity index (χ1) is 12.9. The Kier molecular flexibility index (Phi) is 5.92. The molecule has 0 aliphatic carbocycles. The van der Waals surface area contributed by atoms with E-state index in [4.69, 9.17) is 4.74 Å². The van der Waals surface area contributed by atoms with Gasteiger partial charge >= 0.3 is 0 Å². The van der Waals surface area contributed by atoms with Crippen molar-refractivity contribution in [2.45, 2.75) is 26.0 Å². The van der Waals surface area contributed by atoms with E-state index in [2.05, 4.69) is 21.2 Å². The summed E-state index contributed by atoms with van der Waals surface area (Å²) in [5.74, 6) is -1.32. The Morgan fingerprint density at radius 2 is 1.93 bits per heavy atom. The van der Waals surface area contributed by atoms with Gasteiger partial charge in [-0.1, -0.05) is 28.1 Å². The average molecular weight is 435 g/mol. The van der Waals surface area contributed by atoms with E-state index in [0.717, 1.165) is 10.0 Å². The number of carbonyl (C=O) groups excluding carboxylic acids is 2. The predicted molar refractivity (Wildman–Crippen MR) is 104 cm³/mol. The second-order valence-electron chi connectivity index (χ2n) is 6.46. The van der Waals surface area contributed by atoms with Gasteiger partial charge in [-0.05, 0) is 42.8 Å². The van der Waals surface area contributed by atoms with E-state index in [-0.39, 0.29) is 23.6 Å². The van der Waals surface area contributed by atoms with Crippen LogP contribution in [0.2, 0.25) is 0 Å². The number of halogens is 2. The number of nitrogens with zero attached hydrogens (tertiary/aromatic N) is 1. The summed E-state index contributed by atoms with van der Waals surface area (Å²) in [7, 11) is 0. The number of carbonyl (C=O) groups is 2. The third kappa shape index (κ3) is 4.36. The van der Waals surface area contributed by atoms with Gasteiger partial charge in [0.25, 0.3) is 5.91 Å². The first kappa shape index (κ1) is 19.5. The Hall–Kier alpha value is -2.25. The van der Waals surface area contributed by atoms with Crippen molar-refractivity contribution in [3.8, 4) is 0 Å². The van der Waals surface area contributed by atoms with Gasteiger partial charge in [-0.2, -0.15) is 0 Å². The normalized spacial score (nSPS) is 19.6. The first-order valence-electron chi connectivity index (χ1n) is 8.62. The number of benzene rings is 2. The summed E-state index contributed by atoms with van der Waals surface area (Å²) in [4.78, 5) is 25.9. The van der Waals surface area contributed by atoms with Crippen LogP contribution in [0.1, 0.15) is 35.9 Å². The van der Waals surface area contributed by atoms with Crippen LogP contribution >= 0.6 is 15.9 Å². The summed E-state index contributed by atoms with van der Waals surface area (Å²) < 4.78 is 21.1. The van der Waals surface area contributed by atoms with Gasteiger partial charge in [0.05, 0.1) is 18.2 Å². The molecule has 0 saturated carbocycles. The molecule has 3 rings (SSSR count). The van der Waals surface area contributed by atoms with Crippen LogP contribution in [-0.4, -0.2) is 35.9 Å². The molecular weight excluding hydrogens is 415 g/mol. The van der Waals surface area contributed by atoms with E-state index >= 15 is 0 Å². The van der Waals surface area contributed by atoms with Crippen molar-refractivity contribution in [2.24, 2.45) is 0 Å². The average Bonchev–Trinajstić information content (AvgIpc) is 2.63. The monoisotopic (exact) mass is 434 g/mol. The molecule has 1 heterocycles. The van der Waals surface area contributed by atoms with E-state index < -0.39 is 11.7 Å². The van der Waals surface area contributed by atoms with Crippen LogP contribution < -0.4 is 5.32 Å². The highest BCUT2D eigenvalue weighted by Gasteiger charge is 2.34. The molecule has 2 aromatic rings. The van der Waals surface area contributed by atoms with Crippen molar-refractivity contribution in [3.05, 3.63) is 63.9 Å². The van der Waals surface area contributed by atoms with Gasteiger partial charge in [0.15, 0.2) is 0 Å². The molecule has 2 aromatic carbocycles. The van der Waals surface area contributed by atoms with E-state index in [0.29, 0.717) is 18.8 Å². The molecule has 27 heavy (non-hydrogen) atoms. The summed E-state index contributed by atoms with van der Waals surface area (Å²) in [6, 6.07) is 11.4. The highest BCUT2D eigenvalue weighted by atomic mass is 79.9. The number of rotatable bonds is 3. The Labute approximate surface area is 165 Å². The van der Waals surface area contributed by atoms with Gasteiger partial charge < -0.3 is 15.0 Å². The van der Waals surface area contributed by atoms with Crippen LogP contribution in [-0.2, 0) is 9.53 Å². The fourth-order valence-electron chi connectivity index (χ4n) is 3.22. The Morgan fingerprint density at radius 3 is 2.59 bits per heavy atom. The first-order valence-corrected chi connectivity index (χ1v) is 9.41. The van der Waals surface area contributed by atoms with Crippen LogP contribution in [0.25, 0.3) is 0 Å². The molecule has 2 amide bonds. The quantitative estimate of drug-likeness (QED) is 0.788. The molecule has 1 aliphatic heterocycles. The molecule has 0 unspecified atom stereocenters. The zero-order chi connectivity index (χ0) is 19.6. The second kappa shape index (κ2) is 8.19. The molecular formula is C20H20BrFN2O3. The van der Waals surface area contributed by atoms with Crippen molar-refractivity contribution in [1.29, 1.82) is 0 Å². The molecule has 1 saturated heterocycles. The highest BCUT2D eigenvalue weighted by molar-refractivity contribution is 9.10. The van der Waals surface area contributed by atoms with Crippen LogP contribution in [0.5, 0.6) is 0 Å². The van der Waals surface area contributed by atoms with Crippen LogP contribution in [0.15, 0.2) is 46.9 Å². The van der Waals surface area contributed by atoms with E-state index in [1.807, 2.05) is 31.2 Å². The maximum absolute atomic E-state index is 14.3. The van der Waals surface area contributed by atoms with Gasteiger partial charge in [0.2, 0.25) is 5.91 Å². The smallest absolute Gasteiger partial charge is 0.257 e. The zero-order valence-corrected chi connectivity index (χ0v) is 16.6. The lowest BCUT2D eigenvalue weighted by Gasteiger charge is -2.39. The van der Waals surface area contributed by atoms with Gasteiger partial charge in [-0.3, -0.25) is 9.59 Å². The van der Waals surface area contributed by atoms with Crippen molar-refractivity contribution in [3.63, 3.8) is 0 Å². The van der Waals surface area contributed by atoms with Crippen LogP contribution in [0, 0.1) is 5.82 Å². The number of hydrogen-bond acceptors (Lipinski definition) is 3. The lowest BCUT2D eigenvalue weighted by atomic mass is 9.99. The minimum absolute atomic E-state index is 0.0652. The van der Waals surface area contributed by atoms with Gasteiger partial charge in [-0.25, -0.2) is 4.39 Å². The number of anilines is 1.